The second kappa shape index (κ2) is 21.5. The molecule has 1 aliphatic heterocycles. The minimum atomic E-state index is 0.141. The van der Waals surface area contributed by atoms with Gasteiger partial charge < -0.3 is 11.1 Å². The Labute approximate surface area is 341 Å². The molecule has 0 bridgehead atoms. The molecule has 5 aromatic rings. The molecule has 0 saturated heterocycles. The first-order chi connectivity index (χ1) is 27.4. The number of nitrogens with two attached hydrogens (primary N) is 1. The molecular formula is C53H58N2S. The molecule has 5 aromatic carbocycles. The maximum Gasteiger partial charge on any atom is 0.0640 e. The molecule has 3 aliphatic rings. The average molecular weight is 755 g/mol. The zero-order valence-corrected chi connectivity index (χ0v) is 34.9. The highest BCUT2D eigenvalue weighted by Crippen LogP contribution is 2.42. The molecule has 8 rings (SSSR count). The van der Waals surface area contributed by atoms with Crippen LogP contribution < -0.4 is 11.1 Å². The number of anilines is 1. The van der Waals surface area contributed by atoms with E-state index < -0.39 is 0 Å². The molecule has 56 heavy (non-hydrogen) atoms. The number of rotatable bonds is 5. The van der Waals surface area contributed by atoms with Gasteiger partial charge in [-0.1, -0.05) is 172 Å². The molecule has 1 atom stereocenters. The van der Waals surface area contributed by atoms with Gasteiger partial charge in [-0.25, -0.2) is 0 Å². The van der Waals surface area contributed by atoms with Crippen LogP contribution in [-0.4, -0.2) is 11.8 Å². The molecule has 2 nitrogen and oxygen atoms in total. The van der Waals surface area contributed by atoms with Gasteiger partial charge in [-0.2, -0.15) is 0 Å². The fourth-order valence-corrected chi connectivity index (χ4v) is 7.92. The first-order valence-corrected chi connectivity index (χ1v) is 21.0. The lowest BCUT2D eigenvalue weighted by Crippen LogP contribution is -2.13. The highest BCUT2D eigenvalue weighted by molar-refractivity contribution is 8.03. The summed E-state index contributed by atoms with van der Waals surface area (Å²) in [7, 11) is 0. The summed E-state index contributed by atoms with van der Waals surface area (Å²) in [5.41, 5.74) is 20.1. The van der Waals surface area contributed by atoms with Crippen LogP contribution in [0, 0.1) is 13.8 Å². The van der Waals surface area contributed by atoms with E-state index in [-0.39, 0.29) is 6.04 Å². The van der Waals surface area contributed by atoms with Gasteiger partial charge >= 0.3 is 0 Å². The van der Waals surface area contributed by atoms with Crippen molar-refractivity contribution in [3.63, 3.8) is 0 Å². The van der Waals surface area contributed by atoms with Crippen LogP contribution in [0.1, 0.15) is 62.8 Å². The molecule has 0 spiro atoms. The topological polar surface area (TPSA) is 38.0 Å². The van der Waals surface area contributed by atoms with Crippen LogP contribution in [0.2, 0.25) is 0 Å². The first-order valence-electron chi connectivity index (χ1n) is 20.1. The Kier molecular flexibility index (Phi) is 16.0. The van der Waals surface area contributed by atoms with Gasteiger partial charge in [-0.15, -0.1) is 11.8 Å². The Bertz CT molecular complexity index is 2280. The van der Waals surface area contributed by atoms with Crippen molar-refractivity contribution < 1.29 is 0 Å². The Morgan fingerprint density at radius 3 is 2.00 bits per heavy atom. The van der Waals surface area contributed by atoms with E-state index in [0.29, 0.717) is 0 Å². The highest BCUT2D eigenvalue weighted by atomic mass is 32.2. The van der Waals surface area contributed by atoms with Crippen molar-refractivity contribution in [3.05, 3.63) is 203 Å². The third kappa shape index (κ3) is 11.0. The van der Waals surface area contributed by atoms with E-state index in [0.717, 1.165) is 29.1 Å². The van der Waals surface area contributed by atoms with Crippen molar-refractivity contribution in [2.75, 3.05) is 11.1 Å². The zero-order chi connectivity index (χ0) is 39.7. The third-order valence-corrected chi connectivity index (χ3v) is 11.0. The number of thioether (sulfide) groups is 1. The van der Waals surface area contributed by atoms with Gasteiger partial charge in [-0.3, -0.25) is 0 Å². The number of aryl methyl sites for hydroxylation is 2. The van der Waals surface area contributed by atoms with E-state index in [2.05, 4.69) is 190 Å². The second-order valence-corrected chi connectivity index (χ2v) is 15.1. The summed E-state index contributed by atoms with van der Waals surface area (Å²) in [4.78, 5) is 1.19. The molecule has 3 N–H and O–H groups in total. The molecule has 0 amide bonds. The van der Waals surface area contributed by atoms with Crippen molar-refractivity contribution in [1.82, 2.24) is 0 Å². The van der Waals surface area contributed by atoms with Crippen molar-refractivity contribution in [1.29, 1.82) is 0 Å². The summed E-state index contributed by atoms with van der Waals surface area (Å²) in [6.45, 7) is 12.5. The van der Waals surface area contributed by atoms with Crippen LogP contribution in [0.3, 0.4) is 0 Å². The molecule has 0 fully saturated rings. The summed E-state index contributed by atoms with van der Waals surface area (Å²) in [5.74, 6) is 0.995. The second-order valence-electron chi connectivity index (χ2n) is 13.8. The van der Waals surface area contributed by atoms with E-state index in [9.17, 15) is 0 Å². The predicted octanol–water partition coefficient (Wildman–Crippen LogP) is 14.7. The van der Waals surface area contributed by atoms with E-state index >= 15 is 0 Å². The van der Waals surface area contributed by atoms with Gasteiger partial charge in [0.25, 0.3) is 0 Å². The summed E-state index contributed by atoms with van der Waals surface area (Å²) in [6.07, 6.45) is 27.0. The van der Waals surface area contributed by atoms with E-state index in [1.165, 1.54) is 73.0 Å². The van der Waals surface area contributed by atoms with Crippen LogP contribution in [-0.2, 0) is 6.42 Å². The van der Waals surface area contributed by atoms with E-state index in [1.54, 1.807) is 0 Å². The minimum Gasteiger partial charge on any atom is -0.398 e. The smallest absolute Gasteiger partial charge is 0.0640 e. The van der Waals surface area contributed by atoms with Gasteiger partial charge in [-0.05, 0) is 114 Å². The van der Waals surface area contributed by atoms with E-state index in [1.807, 2.05) is 38.6 Å². The summed E-state index contributed by atoms with van der Waals surface area (Å²) >= 11 is 1.86. The van der Waals surface area contributed by atoms with Gasteiger partial charge in [0.05, 0.1) is 6.04 Å². The number of nitrogens with one attached hydrogen (secondary N) is 1. The third-order valence-electron chi connectivity index (χ3n) is 9.93. The summed E-state index contributed by atoms with van der Waals surface area (Å²) in [5, 5.41) is 6.46. The van der Waals surface area contributed by atoms with Crippen LogP contribution >= 0.6 is 11.8 Å². The lowest BCUT2D eigenvalue weighted by molar-refractivity contribution is 1.04. The Morgan fingerprint density at radius 1 is 0.696 bits per heavy atom. The molecule has 286 valence electrons. The van der Waals surface area contributed by atoms with Crippen molar-refractivity contribution in [2.45, 2.75) is 66.8 Å². The van der Waals surface area contributed by atoms with Crippen LogP contribution in [0.4, 0.5) is 5.69 Å². The molecular weight excluding hydrogens is 697 g/mol. The van der Waals surface area contributed by atoms with Gasteiger partial charge in [0.1, 0.15) is 0 Å². The Balaban J connectivity index is 0.000000256. The van der Waals surface area contributed by atoms with Gasteiger partial charge in [0.2, 0.25) is 0 Å². The molecule has 2 aliphatic carbocycles. The molecule has 3 heteroatoms. The minimum absolute atomic E-state index is 0.141. The number of fused-ring (bicyclic) bond motifs is 4. The van der Waals surface area contributed by atoms with Crippen molar-refractivity contribution >= 4 is 33.9 Å². The monoisotopic (exact) mass is 754 g/mol. The number of hydrogen-bond acceptors (Lipinski definition) is 3. The van der Waals surface area contributed by atoms with Gasteiger partial charge in [0, 0.05) is 27.6 Å². The average Bonchev–Trinajstić information content (AvgIpc) is 3.71. The fourth-order valence-electron chi connectivity index (χ4n) is 7.04. The van der Waals surface area contributed by atoms with Gasteiger partial charge in [0.15, 0.2) is 0 Å². The lowest BCUT2D eigenvalue weighted by atomic mass is 9.86. The number of benzene rings is 5. The Hall–Kier alpha value is -5.51. The summed E-state index contributed by atoms with van der Waals surface area (Å²) in [6, 6.07) is 36.9. The molecule has 0 radical (unpaired) electrons. The maximum absolute atomic E-state index is 6.71. The maximum atomic E-state index is 6.71. The standard InChI is InChI=1S/C34H34N2S.C11H10.C6H8.C2H6/c1-4-5-6-12-25-16-17-26(20-25)36-27-21-32(28-13-8-7-11-23(28)2)30-18-19-37-24(3)34(35)31-15-10-9-14-29(31)33(30)22-27;1-9-5-4-7-10-6-2-3-8-11(9)10;1-2-4-6-5-3-1;1-2/h4-17,20-22,26,36H,18-19,35H2,1-3H3;2-8H,1H3;1-4H,5-6H2;1-2H3/b5-4-,12-6-,34-24-;;;. The molecule has 1 unspecified atom stereocenters. The lowest BCUT2D eigenvalue weighted by Gasteiger charge is -2.21. The first kappa shape index (κ1) is 41.6. The summed E-state index contributed by atoms with van der Waals surface area (Å²) < 4.78 is 0. The Morgan fingerprint density at radius 2 is 1.32 bits per heavy atom. The van der Waals surface area contributed by atoms with Crippen LogP contribution in [0.25, 0.3) is 38.7 Å². The molecule has 0 saturated carbocycles. The predicted molar refractivity (Wildman–Crippen MR) is 251 cm³/mol. The zero-order valence-electron chi connectivity index (χ0n) is 34.1. The van der Waals surface area contributed by atoms with Crippen LogP contribution in [0.15, 0.2) is 180 Å². The van der Waals surface area contributed by atoms with Crippen molar-refractivity contribution in [3.8, 4) is 22.3 Å². The highest BCUT2D eigenvalue weighted by Gasteiger charge is 2.21. The number of hydrogen-bond donors (Lipinski definition) is 2. The van der Waals surface area contributed by atoms with Crippen LogP contribution in [0.5, 0.6) is 0 Å². The van der Waals surface area contributed by atoms with Crippen molar-refractivity contribution in [2.24, 2.45) is 5.73 Å². The molecule has 0 aromatic heterocycles. The van der Waals surface area contributed by atoms with E-state index in [4.69, 9.17) is 5.73 Å². The quantitative estimate of drug-likeness (QED) is 0.176. The fraction of sp³-hybridized carbons (Fsp3) is 0.208. The largest absolute Gasteiger partial charge is 0.398 e. The molecule has 1 heterocycles. The number of allylic oxidation sites excluding steroid dienone is 11. The SMILES string of the molecule is C/C=C\C=C/C1=CC(Nc2cc(-c3ccccc3C)c3c(c2)-c2ccccc2/C(N)=C(\C)SCC3)C=C1.C1=CCCC=C1.CC.Cc1cccc2ccccc12. The normalized spacial score (nSPS) is 16.9.